The Kier molecular flexibility index (Phi) is 3.74. The van der Waals surface area contributed by atoms with Gasteiger partial charge in [0.1, 0.15) is 0 Å². The van der Waals surface area contributed by atoms with Gasteiger partial charge < -0.3 is 10.4 Å². The van der Waals surface area contributed by atoms with E-state index in [9.17, 15) is 13.9 Å². The van der Waals surface area contributed by atoms with Crippen LogP contribution in [0, 0.1) is 17.6 Å². The Labute approximate surface area is 99.7 Å². The Bertz CT molecular complexity index is 393. The molecule has 1 fully saturated rings. The lowest BCUT2D eigenvalue weighted by Gasteiger charge is -2.17. The first-order valence-electron chi connectivity index (χ1n) is 5.95. The highest BCUT2D eigenvalue weighted by atomic mass is 19.2. The maximum atomic E-state index is 13.5. The molecule has 2 rings (SSSR count). The number of benzene rings is 1. The number of hydrogen-bond acceptors (Lipinski definition) is 2. The van der Waals surface area contributed by atoms with E-state index >= 15 is 0 Å². The molecule has 4 heteroatoms. The molecule has 0 heterocycles. The molecule has 0 saturated heterocycles. The van der Waals surface area contributed by atoms with E-state index in [1.807, 2.05) is 0 Å². The van der Waals surface area contributed by atoms with Crippen LogP contribution in [0.2, 0.25) is 0 Å². The maximum absolute atomic E-state index is 13.5. The van der Waals surface area contributed by atoms with Gasteiger partial charge in [-0.2, -0.15) is 0 Å². The molecule has 1 aliphatic rings. The largest absolute Gasteiger partial charge is 0.392 e. The van der Waals surface area contributed by atoms with Crippen LogP contribution in [-0.2, 0) is 0 Å². The second-order valence-electron chi connectivity index (χ2n) is 4.68. The van der Waals surface area contributed by atoms with E-state index < -0.39 is 11.6 Å². The van der Waals surface area contributed by atoms with Crippen molar-refractivity contribution in [3.63, 3.8) is 0 Å². The molecule has 1 saturated carbocycles. The van der Waals surface area contributed by atoms with Crippen molar-refractivity contribution in [3.05, 3.63) is 35.4 Å². The van der Waals surface area contributed by atoms with Crippen LogP contribution in [0.1, 0.15) is 31.4 Å². The molecule has 17 heavy (non-hydrogen) atoms. The van der Waals surface area contributed by atoms with Gasteiger partial charge in [0, 0.05) is 18.2 Å². The number of aliphatic hydroxyl groups excluding tert-OH is 1. The minimum absolute atomic E-state index is 0.299. The topological polar surface area (TPSA) is 32.3 Å². The van der Waals surface area contributed by atoms with Crippen LogP contribution in [0.25, 0.3) is 0 Å². The van der Waals surface area contributed by atoms with Crippen LogP contribution in [0.5, 0.6) is 0 Å². The van der Waals surface area contributed by atoms with Crippen LogP contribution in [0.4, 0.5) is 8.78 Å². The van der Waals surface area contributed by atoms with Crippen molar-refractivity contribution in [3.8, 4) is 0 Å². The van der Waals surface area contributed by atoms with Gasteiger partial charge in [-0.25, -0.2) is 8.78 Å². The Balaban J connectivity index is 1.94. The van der Waals surface area contributed by atoms with Crippen LogP contribution in [-0.4, -0.2) is 17.8 Å². The SMILES string of the molecule is CC(NCC(O)C1CC1)c1cccc(F)c1F. The zero-order chi connectivity index (χ0) is 12.4. The van der Waals surface area contributed by atoms with E-state index in [2.05, 4.69) is 5.32 Å². The Morgan fingerprint density at radius 3 is 2.76 bits per heavy atom. The van der Waals surface area contributed by atoms with Gasteiger partial charge in [-0.05, 0) is 31.7 Å². The normalized spacial score (nSPS) is 19.1. The smallest absolute Gasteiger partial charge is 0.163 e. The number of rotatable bonds is 5. The van der Waals surface area contributed by atoms with Crippen molar-refractivity contribution < 1.29 is 13.9 Å². The molecule has 1 aromatic carbocycles. The van der Waals surface area contributed by atoms with Crippen molar-refractivity contribution in [2.45, 2.75) is 31.9 Å². The molecular formula is C13H17F2NO. The zero-order valence-corrected chi connectivity index (χ0v) is 9.79. The third kappa shape index (κ3) is 3.01. The Hall–Kier alpha value is -1.00. The molecule has 1 aromatic rings. The van der Waals surface area contributed by atoms with Crippen LogP contribution in [0.15, 0.2) is 18.2 Å². The lowest BCUT2D eigenvalue weighted by Crippen LogP contribution is -2.30. The third-order valence-electron chi connectivity index (χ3n) is 3.25. The molecule has 0 bridgehead atoms. The summed E-state index contributed by atoms with van der Waals surface area (Å²) in [6.45, 7) is 2.18. The maximum Gasteiger partial charge on any atom is 0.163 e. The molecule has 1 aliphatic carbocycles. The van der Waals surface area contributed by atoms with Crippen molar-refractivity contribution in [2.24, 2.45) is 5.92 Å². The summed E-state index contributed by atoms with van der Waals surface area (Å²) in [5.41, 5.74) is 0.299. The molecule has 2 nitrogen and oxygen atoms in total. The van der Waals surface area contributed by atoms with Crippen molar-refractivity contribution in [1.82, 2.24) is 5.32 Å². The Morgan fingerprint density at radius 2 is 2.12 bits per heavy atom. The van der Waals surface area contributed by atoms with Crippen LogP contribution in [0.3, 0.4) is 0 Å². The fourth-order valence-electron chi connectivity index (χ4n) is 1.91. The third-order valence-corrected chi connectivity index (χ3v) is 3.25. The van der Waals surface area contributed by atoms with Gasteiger partial charge in [-0.15, -0.1) is 0 Å². The minimum atomic E-state index is -0.834. The average Bonchev–Trinajstić information content (AvgIpc) is 3.13. The quantitative estimate of drug-likeness (QED) is 0.829. The van der Waals surface area contributed by atoms with E-state index in [0.717, 1.165) is 18.9 Å². The van der Waals surface area contributed by atoms with Crippen molar-refractivity contribution in [2.75, 3.05) is 6.54 Å². The highest BCUT2D eigenvalue weighted by Gasteiger charge is 2.29. The number of aliphatic hydroxyl groups is 1. The van der Waals surface area contributed by atoms with E-state index in [-0.39, 0.29) is 12.1 Å². The molecular weight excluding hydrogens is 224 g/mol. The second kappa shape index (κ2) is 5.10. The zero-order valence-electron chi connectivity index (χ0n) is 9.79. The summed E-state index contributed by atoms with van der Waals surface area (Å²) in [5, 5.41) is 12.7. The summed E-state index contributed by atoms with van der Waals surface area (Å²) < 4.78 is 26.5. The fraction of sp³-hybridized carbons (Fsp3) is 0.538. The van der Waals surface area contributed by atoms with E-state index in [4.69, 9.17) is 0 Å². The summed E-state index contributed by atoms with van der Waals surface area (Å²) in [4.78, 5) is 0. The van der Waals surface area contributed by atoms with E-state index in [1.165, 1.54) is 6.07 Å². The average molecular weight is 241 g/mol. The van der Waals surface area contributed by atoms with E-state index in [0.29, 0.717) is 18.0 Å². The lowest BCUT2D eigenvalue weighted by molar-refractivity contribution is 0.145. The predicted molar refractivity (Wildman–Crippen MR) is 61.5 cm³/mol. The molecule has 2 N–H and O–H groups in total. The van der Waals surface area contributed by atoms with Crippen LogP contribution >= 0.6 is 0 Å². The first-order valence-corrected chi connectivity index (χ1v) is 5.95. The molecule has 94 valence electrons. The van der Waals surface area contributed by atoms with Crippen molar-refractivity contribution in [1.29, 1.82) is 0 Å². The standard InChI is InChI=1S/C13H17F2NO/c1-8(16-7-12(17)9-5-6-9)10-3-2-4-11(14)13(10)15/h2-4,8-9,12,16-17H,5-7H2,1H3. The molecule has 0 aromatic heterocycles. The fourth-order valence-corrected chi connectivity index (χ4v) is 1.91. The summed E-state index contributed by atoms with van der Waals surface area (Å²) in [5.74, 6) is -1.26. The van der Waals surface area contributed by atoms with Gasteiger partial charge in [0.05, 0.1) is 6.10 Å². The highest BCUT2D eigenvalue weighted by molar-refractivity contribution is 5.21. The number of hydrogen-bond donors (Lipinski definition) is 2. The first-order chi connectivity index (χ1) is 8.09. The summed E-state index contributed by atoms with van der Waals surface area (Å²) in [7, 11) is 0. The van der Waals surface area contributed by atoms with Crippen LogP contribution < -0.4 is 5.32 Å². The summed E-state index contributed by atoms with van der Waals surface area (Å²) in [6.07, 6.45) is 1.74. The van der Waals surface area contributed by atoms with Gasteiger partial charge in [0.25, 0.3) is 0 Å². The number of halogens is 2. The predicted octanol–water partition coefficient (Wildman–Crippen LogP) is 2.39. The molecule has 2 unspecified atom stereocenters. The molecule has 0 amide bonds. The Morgan fingerprint density at radius 1 is 1.41 bits per heavy atom. The van der Waals surface area contributed by atoms with Crippen molar-refractivity contribution >= 4 is 0 Å². The summed E-state index contributed by atoms with van der Waals surface area (Å²) in [6, 6.07) is 3.84. The van der Waals surface area contributed by atoms with Gasteiger partial charge in [0.15, 0.2) is 11.6 Å². The minimum Gasteiger partial charge on any atom is -0.392 e. The molecule has 0 spiro atoms. The monoisotopic (exact) mass is 241 g/mol. The molecule has 2 atom stereocenters. The lowest BCUT2D eigenvalue weighted by atomic mass is 10.1. The van der Waals surface area contributed by atoms with E-state index in [1.54, 1.807) is 13.0 Å². The van der Waals surface area contributed by atoms with Gasteiger partial charge >= 0.3 is 0 Å². The van der Waals surface area contributed by atoms with Gasteiger partial charge in [-0.3, -0.25) is 0 Å². The molecule has 0 aliphatic heterocycles. The second-order valence-corrected chi connectivity index (χ2v) is 4.68. The first kappa shape index (κ1) is 12.5. The number of nitrogens with one attached hydrogen (secondary N) is 1. The van der Waals surface area contributed by atoms with Gasteiger partial charge in [0.2, 0.25) is 0 Å². The van der Waals surface area contributed by atoms with Gasteiger partial charge in [-0.1, -0.05) is 12.1 Å². The summed E-state index contributed by atoms with van der Waals surface area (Å²) >= 11 is 0. The highest BCUT2D eigenvalue weighted by Crippen LogP contribution is 2.32. The molecule has 0 radical (unpaired) electrons.